The Balaban J connectivity index is 1.92. The van der Waals surface area contributed by atoms with Gasteiger partial charge in [-0.1, -0.05) is 35.9 Å². The normalized spacial score (nSPS) is 16.5. The summed E-state index contributed by atoms with van der Waals surface area (Å²) < 4.78 is 22.0. The molecule has 0 aliphatic carbocycles. The van der Waals surface area contributed by atoms with E-state index in [0.29, 0.717) is 17.1 Å². The Labute approximate surface area is 232 Å². The van der Waals surface area contributed by atoms with Gasteiger partial charge < -0.3 is 29.0 Å². The van der Waals surface area contributed by atoms with Crippen molar-refractivity contribution in [1.29, 1.82) is 0 Å². The van der Waals surface area contributed by atoms with E-state index in [2.05, 4.69) is 0 Å². The Hall–Kier alpha value is -4.17. The number of rotatable bonds is 9. The van der Waals surface area contributed by atoms with Gasteiger partial charge >= 0.3 is 0 Å². The molecule has 1 N–H and O–H groups in total. The number of carbonyl (C=O) groups excluding carboxylic acids is 2. The summed E-state index contributed by atoms with van der Waals surface area (Å²) in [4.78, 5) is 28.5. The second kappa shape index (κ2) is 11.7. The fourth-order valence-corrected chi connectivity index (χ4v) is 4.81. The van der Waals surface area contributed by atoms with Gasteiger partial charge in [0.25, 0.3) is 11.7 Å². The highest BCUT2D eigenvalue weighted by molar-refractivity contribution is 6.46. The number of Topliss-reactive ketones (excluding diaryl/α,β-unsaturated/α-hetero) is 1. The van der Waals surface area contributed by atoms with Crippen molar-refractivity contribution in [1.82, 2.24) is 4.90 Å². The molecule has 1 unspecified atom stereocenters. The summed E-state index contributed by atoms with van der Waals surface area (Å²) >= 11 is 6.26. The van der Waals surface area contributed by atoms with Gasteiger partial charge in [0.1, 0.15) is 28.8 Å². The zero-order valence-corrected chi connectivity index (χ0v) is 23.1. The number of benzene rings is 3. The quantitative estimate of drug-likeness (QED) is 0.205. The smallest absolute Gasteiger partial charge is 0.295 e. The molecule has 4 rings (SSSR count). The molecule has 0 aromatic heterocycles. The van der Waals surface area contributed by atoms with E-state index >= 15 is 0 Å². The zero-order valence-electron chi connectivity index (χ0n) is 22.4. The van der Waals surface area contributed by atoms with E-state index in [1.54, 1.807) is 43.5 Å². The Morgan fingerprint density at radius 3 is 2.28 bits per heavy atom. The third-order valence-corrected chi connectivity index (χ3v) is 6.60. The lowest BCUT2D eigenvalue weighted by atomic mass is 9.94. The van der Waals surface area contributed by atoms with Crippen LogP contribution in [0.15, 0.2) is 66.2 Å². The van der Waals surface area contributed by atoms with Gasteiger partial charge in [-0.05, 0) is 55.3 Å². The molecule has 1 saturated heterocycles. The van der Waals surface area contributed by atoms with E-state index in [9.17, 15) is 14.7 Å². The number of carbonyl (C=O) groups is 2. The van der Waals surface area contributed by atoms with Crippen molar-refractivity contribution >= 4 is 29.1 Å². The highest BCUT2D eigenvalue weighted by atomic mass is 35.5. The molecule has 0 saturated carbocycles. The summed E-state index contributed by atoms with van der Waals surface area (Å²) in [7, 11) is 4.41. The fraction of sp³-hybridized carbons (Fsp3) is 0.267. The summed E-state index contributed by atoms with van der Waals surface area (Å²) in [5.74, 6) is -0.313. The molecular formula is C30H30ClNO7. The van der Waals surface area contributed by atoms with Crippen LogP contribution in [0.2, 0.25) is 5.02 Å². The minimum absolute atomic E-state index is 0.0887. The molecule has 0 radical (unpaired) electrons. The van der Waals surface area contributed by atoms with Crippen LogP contribution in [0.5, 0.6) is 23.0 Å². The van der Waals surface area contributed by atoms with E-state index in [1.165, 1.54) is 31.3 Å². The van der Waals surface area contributed by atoms with Crippen LogP contribution in [0.4, 0.5) is 0 Å². The second-order valence-electron chi connectivity index (χ2n) is 9.20. The van der Waals surface area contributed by atoms with Crippen molar-refractivity contribution in [3.05, 3.63) is 87.9 Å². The molecule has 0 spiro atoms. The van der Waals surface area contributed by atoms with Crippen LogP contribution in [0, 0.1) is 0 Å². The topological polar surface area (TPSA) is 94.5 Å². The molecule has 1 fully saturated rings. The summed E-state index contributed by atoms with van der Waals surface area (Å²) in [6.45, 7) is 3.91. The molecule has 1 aliphatic heterocycles. The van der Waals surface area contributed by atoms with E-state index in [1.807, 2.05) is 26.0 Å². The number of likely N-dealkylation sites (tertiary alicyclic amines) is 1. The van der Waals surface area contributed by atoms with Crippen LogP contribution in [0.25, 0.3) is 5.76 Å². The Bertz CT molecular complexity index is 1430. The number of nitrogens with zero attached hydrogens (tertiary/aromatic N) is 1. The van der Waals surface area contributed by atoms with Crippen molar-refractivity contribution in [3.63, 3.8) is 0 Å². The number of halogens is 1. The largest absolute Gasteiger partial charge is 0.507 e. The van der Waals surface area contributed by atoms with Crippen LogP contribution >= 0.6 is 11.6 Å². The Kier molecular flexibility index (Phi) is 8.35. The van der Waals surface area contributed by atoms with Gasteiger partial charge in [0.05, 0.1) is 49.6 Å². The van der Waals surface area contributed by atoms with Gasteiger partial charge in [-0.15, -0.1) is 0 Å². The van der Waals surface area contributed by atoms with Crippen molar-refractivity contribution < 1.29 is 33.6 Å². The lowest BCUT2D eigenvalue weighted by Gasteiger charge is -2.26. The maximum atomic E-state index is 13.5. The first kappa shape index (κ1) is 27.9. The number of amides is 1. The standard InChI is InChI=1S/C30H30ClNO7/c1-17(2)39-21-11-7-9-19(13-21)27-26(28(33)22-14-25(38-5)23(31)15-24(22)37-4)29(34)30(35)32(27)16-18-8-6-10-20(12-18)36-3/h6-15,17,27,33H,16H2,1-5H3/b28-26+. The van der Waals surface area contributed by atoms with Crippen molar-refractivity contribution in [3.8, 4) is 23.0 Å². The van der Waals surface area contributed by atoms with Gasteiger partial charge in [0.2, 0.25) is 0 Å². The highest BCUT2D eigenvalue weighted by Gasteiger charge is 2.46. The Morgan fingerprint density at radius 1 is 0.923 bits per heavy atom. The average molecular weight is 552 g/mol. The maximum Gasteiger partial charge on any atom is 0.295 e. The number of aliphatic hydroxyl groups excluding tert-OH is 1. The number of hydrogen-bond acceptors (Lipinski definition) is 7. The summed E-state index contributed by atoms with van der Waals surface area (Å²) in [6, 6.07) is 16.4. The first-order valence-corrected chi connectivity index (χ1v) is 12.7. The molecule has 3 aromatic rings. The predicted octanol–water partition coefficient (Wildman–Crippen LogP) is 5.77. The minimum atomic E-state index is -0.918. The van der Waals surface area contributed by atoms with Crippen LogP contribution in [0.3, 0.4) is 0 Å². The van der Waals surface area contributed by atoms with Crippen LogP contribution in [-0.2, 0) is 16.1 Å². The molecule has 1 atom stereocenters. The number of hydrogen-bond donors (Lipinski definition) is 1. The molecule has 8 nitrogen and oxygen atoms in total. The predicted molar refractivity (Wildman–Crippen MR) is 148 cm³/mol. The maximum absolute atomic E-state index is 13.5. The molecule has 9 heteroatoms. The van der Waals surface area contributed by atoms with Gasteiger partial charge in [-0.3, -0.25) is 9.59 Å². The van der Waals surface area contributed by atoms with Crippen LogP contribution in [-0.4, -0.2) is 49.1 Å². The van der Waals surface area contributed by atoms with E-state index in [0.717, 1.165) is 5.56 Å². The summed E-state index contributed by atoms with van der Waals surface area (Å²) in [5, 5.41) is 11.9. The molecule has 39 heavy (non-hydrogen) atoms. The van der Waals surface area contributed by atoms with E-state index in [4.69, 9.17) is 30.5 Å². The SMILES string of the molecule is COc1cccc(CN2C(=O)C(=O)/C(=C(/O)c3cc(OC)c(Cl)cc3OC)C2c2cccc(OC(C)C)c2)c1. The zero-order chi connectivity index (χ0) is 28.3. The second-order valence-corrected chi connectivity index (χ2v) is 9.61. The number of methoxy groups -OCH3 is 3. The lowest BCUT2D eigenvalue weighted by Crippen LogP contribution is -2.29. The van der Waals surface area contributed by atoms with E-state index in [-0.39, 0.29) is 40.3 Å². The monoisotopic (exact) mass is 551 g/mol. The van der Waals surface area contributed by atoms with Crippen LogP contribution in [0.1, 0.15) is 36.6 Å². The van der Waals surface area contributed by atoms with Crippen molar-refractivity contribution in [2.75, 3.05) is 21.3 Å². The van der Waals surface area contributed by atoms with Gasteiger partial charge in [-0.25, -0.2) is 0 Å². The number of ether oxygens (including phenoxy) is 4. The van der Waals surface area contributed by atoms with E-state index < -0.39 is 23.5 Å². The first-order chi connectivity index (χ1) is 18.7. The van der Waals surface area contributed by atoms with Crippen molar-refractivity contribution in [2.45, 2.75) is 32.5 Å². The highest BCUT2D eigenvalue weighted by Crippen LogP contribution is 2.44. The summed E-state index contributed by atoms with van der Waals surface area (Å²) in [5.41, 5.74) is 1.42. The minimum Gasteiger partial charge on any atom is -0.507 e. The molecule has 1 aliphatic rings. The van der Waals surface area contributed by atoms with Gasteiger partial charge in [0, 0.05) is 12.6 Å². The average Bonchev–Trinajstić information content (AvgIpc) is 3.17. The Morgan fingerprint density at radius 2 is 1.62 bits per heavy atom. The van der Waals surface area contributed by atoms with Crippen LogP contribution < -0.4 is 18.9 Å². The number of aliphatic hydroxyl groups is 1. The molecule has 204 valence electrons. The van der Waals surface area contributed by atoms with Crippen molar-refractivity contribution in [2.24, 2.45) is 0 Å². The third kappa shape index (κ3) is 5.66. The summed E-state index contributed by atoms with van der Waals surface area (Å²) in [6.07, 6.45) is -0.0887. The third-order valence-electron chi connectivity index (χ3n) is 6.30. The molecular weight excluding hydrogens is 522 g/mol. The molecule has 1 heterocycles. The molecule has 3 aromatic carbocycles. The fourth-order valence-electron chi connectivity index (χ4n) is 4.58. The van der Waals surface area contributed by atoms with Gasteiger partial charge in [0.15, 0.2) is 0 Å². The molecule has 0 bridgehead atoms. The molecule has 1 amide bonds. The van der Waals surface area contributed by atoms with Gasteiger partial charge in [-0.2, -0.15) is 0 Å². The lowest BCUT2D eigenvalue weighted by molar-refractivity contribution is -0.140. The number of ketones is 1. The first-order valence-electron chi connectivity index (χ1n) is 12.3.